The maximum atomic E-state index is 13.6. The summed E-state index contributed by atoms with van der Waals surface area (Å²) in [6.45, 7) is 1.45. The summed E-state index contributed by atoms with van der Waals surface area (Å²) in [5.74, 6) is 0.752. The highest BCUT2D eigenvalue weighted by molar-refractivity contribution is 5.94. The zero-order valence-corrected chi connectivity index (χ0v) is 20.8. The van der Waals surface area contributed by atoms with Gasteiger partial charge < -0.3 is 15.1 Å². The van der Waals surface area contributed by atoms with Gasteiger partial charge in [0.2, 0.25) is 5.91 Å². The molecule has 8 nitrogen and oxygen atoms in total. The van der Waals surface area contributed by atoms with Gasteiger partial charge in [-0.2, -0.15) is 5.10 Å². The molecule has 1 aromatic carbocycles. The van der Waals surface area contributed by atoms with Gasteiger partial charge in [0.15, 0.2) is 5.82 Å². The average Bonchev–Trinajstić information content (AvgIpc) is 3.08. The number of aromatic nitrogens is 2. The lowest BCUT2D eigenvalue weighted by molar-refractivity contribution is -0.116. The van der Waals surface area contributed by atoms with E-state index in [2.05, 4.69) is 69.7 Å². The van der Waals surface area contributed by atoms with Crippen LogP contribution in [0.1, 0.15) is 50.5 Å². The fraction of sp³-hybridized carbons (Fsp3) is 0.556. The largest absolute Gasteiger partial charge is 0.321 e. The zero-order chi connectivity index (χ0) is 24.5. The maximum absolute atomic E-state index is 13.6. The number of benzene rings is 1. The third kappa shape index (κ3) is 4.51. The van der Waals surface area contributed by atoms with Crippen molar-refractivity contribution in [3.63, 3.8) is 0 Å². The van der Waals surface area contributed by atoms with Crippen LogP contribution in [0.5, 0.6) is 0 Å². The van der Waals surface area contributed by atoms with Crippen LogP contribution in [0.15, 0.2) is 48.7 Å². The van der Waals surface area contributed by atoms with E-state index in [1.165, 1.54) is 24.8 Å². The number of nitrogens with one attached hydrogen (secondary N) is 1. The predicted octanol–water partition coefficient (Wildman–Crippen LogP) is 3.72. The highest BCUT2D eigenvalue weighted by Crippen LogP contribution is 2.49. The van der Waals surface area contributed by atoms with Crippen LogP contribution < -0.4 is 5.32 Å². The van der Waals surface area contributed by atoms with Crippen molar-refractivity contribution in [1.82, 2.24) is 24.9 Å². The minimum absolute atomic E-state index is 0.00302. The van der Waals surface area contributed by atoms with Crippen molar-refractivity contribution in [3.8, 4) is 0 Å². The number of carbonyl (C=O) groups is 2. The van der Waals surface area contributed by atoms with Crippen LogP contribution in [0.3, 0.4) is 0 Å². The smallest absolute Gasteiger partial charge is 0.317 e. The topological polar surface area (TPSA) is 81.7 Å². The number of carbonyl (C=O) groups excluding carboxylic acids is 2. The first-order valence-corrected chi connectivity index (χ1v) is 12.8. The molecule has 1 aliphatic heterocycles. The number of anilines is 1. The molecule has 5 rings (SSSR count). The van der Waals surface area contributed by atoms with Crippen molar-refractivity contribution in [2.45, 2.75) is 56.0 Å². The quantitative estimate of drug-likeness (QED) is 0.659. The summed E-state index contributed by atoms with van der Waals surface area (Å²) in [4.78, 5) is 32.6. The van der Waals surface area contributed by atoms with Crippen LogP contribution in [-0.2, 0) is 10.3 Å². The number of rotatable bonds is 7. The molecular weight excluding hydrogens is 440 g/mol. The van der Waals surface area contributed by atoms with Crippen LogP contribution in [0.25, 0.3) is 0 Å². The predicted molar refractivity (Wildman–Crippen MR) is 135 cm³/mol. The van der Waals surface area contributed by atoms with Crippen LogP contribution in [0.2, 0.25) is 0 Å². The van der Waals surface area contributed by atoms with Gasteiger partial charge in [-0.25, -0.2) is 4.79 Å². The molecule has 3 amide bonds. The lowest BCUT2D eigenvalue weighted by Gasteiger charge is -2.51. The summed E-state index contributed by atoms with van der Waals surface area (Å²) in [6.07, 6.45) is 9.03. The van der Waals surface area contributed by atoms with E-state index in [0.717, 1.165) is 32.2 Å². The van der Waals surface area contributed by atoms with Crippen molar-refractivity contribution in [2.75, 3.05) is 39.0 Å². The Morgan fingerprint density at radius 2 is 1.83 bits per heavy atom. The molecule has 0 bridgehead atoms. The molecule has 1 N–H and O–H groups in total. The summed E-state index contributed by atoms with van der Waals surface area (Å²) >= 11 is 0. The summed E-state index contributed by atoms with van der Waals surface area (Å²) in [6, 6.07) is 14.2. The van der Waals surface area contributed by atoms with Gasteiger partial charge in [-0.1, -0.05) is 36.8 Å². The highest BCUT2D eigenvalue weighted by Gasteiger charge is 2.55. The molecule has 3 aliphatic rings. The Balaban J connectivity index is 1.34. The third-order valence-corrected chi connectivity index (χ3v) is 8.57. The van der Waals surface area contributed by atoms with E-state index in [1.807, 2.05) is 0 Å². The Labute approximate surface area is 207 Å². The SMILES string of the molecule is CN(C)[C@]1(c2ccccc2)CC[C@]2(CC1)CN(CC(=O)Nc1cccnn1)C(=O)N2CC1CCC1. The van der Waals surface area contributed by atoms with Crippen molar-refractivity contribution in [2.24, 2.45) is 5.92 Å². The van der Waals surface area contributed by atoms with E-state index in [4.69, 9.17) is 0 Å². The van der Waals surface area contributed by atoms with Gasteiger partial charge in [0.05, 0.1) is 5.54 Å². The minimum Gasteiger partial charge on any atom is -0.317 e. The molecule has 1 aromatic heterocycles. The second-order valence-corrected chi connectivity index (χ2v) is 10.7. The highest BCUT2D eigenvalue weighted by atomic mass is 16.2. The third-order valence-electron chi connectivity index (χ3n) is 8.57. The standard InChI is InChI=1S/C27H36N6O2/c1-31(2)27(22-10-4-3-5-11-22)15-13-26(14-16-27)20-32(25(35)33(26)18-21-8-6-9-21)19-24(34)29-23-12-7-17-28-30-23/h3-5,7,10-12,17,21H,6,8-9,13-16,18-20H2,1-2H3,(H,29,30,34)/t26-,27+. The molecule has 2 saturated carbocycles. The number of urea groups is 1. The molecule has 35 heavy (non-hydrogen) atoms. The normalized spacial score (nSPS) is 26.9. The molecule has 1 spiro atoms. The molecular formula is C27H36N6O2. The van der Waals surface area contributed by atoms with Crippen molar-refractivity contribution in [1.29, 1.82) is 0 Å². The fourth-order valence-electron chi connectivity index (χ4n) is 6.23. The summed E-state index contributed by atoms with van der Waals surface area (Å²) in [5, 5.41) is 10.5. The Bertz CT molecular complexity index is 1030. The molecule has 8 heteroatoms. The Kier molecular flexibility index (Phi) is 6.49. The van der Waals surface area contributed by atoms with Gasteiger partial charge in [-0.15, -0.1) is 5.10 Å². The van der Waals surface area contributed by atoms with Gasteiger partial charge in [0.1, 0.15) is 6.54 Å². The molecule has 2 heterocycles. The Morgan fingerprint density at radius 1 is 1.09 bits per heavy atom. The zero-order valence-electron chi connectivity index (χ0n) is 20.8. The minimum atomic E-state index is -0.234. The molecule has 2 aliphatic carbocycles. The Morgan fingerprint density at radius 3 is 2.43 bits per heavy atom. The van der Waals surface area contributed by atoms with Crippen molar-refractivity contribution >= 4 is 17.8 Å². The molecule has 1 saturated heterocycles. The monoisotopic (exact) mass is 476 g/mol. The van der Waals surface area contributed by atoms with Gasteiger partial charge in [-0.05, 0) is 76.2 Å². The first kappa shape index (κ1) is 23.7. The lowest BCUT2D eigenvalue weighted by Crippen LogP contribution is -2.56. The van der Waals surface area contributed by atoms with Crippen molar-refractivity contribution < 1.29 is 9.59 Å². The number of hydrogen-bond acceptors (Lipinski definition) is 5. The fourth-order valence-corrected chi connectivity index (χ4v) is 6.23. The molecule has 0 unspecified atom stereocenters. The van der Waals surface area contributed by atoms with E-state index in [-0.39, 0.29) is 29.6 Å². The second-order valence-electron chi connectivity index (χ2n) is 10.7. The molecule has 2 aromatic rings. The summed E-state index contributed by atoms with van der Waals surface area (Å²) < 4.78 is 0. The first-order chi connectivity index (χ1) is 16.9. The van der Waals surface area contributed by atoms with Crippen LogP contribution in [0, 0.1) is 5.92 Å². The van der Waals surface area contributed by atoms with E-state index >= 15 is 0 Å². The number of amides is 3. The number of hydrogen-bond donors (Lipinski definition) is 1. The van der Waals surface area contributed by atoms with Gasteiger partial charge >= 0.3 is 6.03 Å². The van der Waals surface area contributed by atoms with E-state index in [9.17, 15) is 9.59 Å². The van der Waals surface area contributed by atoms with Gasteiger partial charge in [0.25, 0.3) is 0 Å². The van der Waals surface area contributed by atoms with Crippen LogP contribution >= 0.6 is 0 Å². The first-order valence-electron chi connectivity index (χ1n) is 12.8. The number of nitrogens with zero attached hydrogens (tertiary/aromatic N) is 5. The summed E-state index contributed by atoms with van der Waals surface area (Å²) in [5.41, 5.74) is 1.09. The van der Waals surface area contributed by atoms with Crippen molar-refractivity contribution in [3.05, 3.63) is 54.2 Å². The second kappa shape index (κ2) is 9.57. The van der Waals surface area contributed by atoms with Gasteiger partial charge in [0, 0.05) is 24.8 Å². The van der Waals surface area contributed by atoms with E-state index in [1.54, 1.807) is 23.2 Å². The van der Waals surface area contributed by atoms with Gasteiger partial charge in [-0.3, -0.25) is 9.69 Å². The molecule has 0 atom stereocenters. The molecule has 0 radical (unpaired) electrons. The maximum Gasteiger partial charge on any atom is 0.321 e. The van der Waals surface area contributed by atoms with E-state index in [0.29, 0.717) is 18.3 Å². The Hall–Kier alpha value is -3.00. The van der Waals surface area contributed by atoms with E-state index < -0.39 is 0 Å². The average molecular weight is 477 g/mol. The molecule has 3 fully saturated rings. The van der Waals surface area contributed by atoms with Crippen LogP contribution in [0.4, 0.5) is 10.6 Å². The summed E-state index contributed by atoms with van der Waals surface area (Å²) in [7, 11) is 4.33. The van der Waals surface area contributed by atoms with Crippen LogP contribution in [-0.4, -0.2) is 76.1 Å². The lowest BCUT2D eigenvalue weighted by atomic mass is 9.68. The molecule has 186 valence electrons.